The van der Waals surface area contributed by atoms with E-state index in [0.717, 1.165) is 59.1 Å². The van der Waals surface area contributed by atoms with E-state index in [9.17, 15) is 0 Å². The van der Waals surface area contributed by atoms with Crippen molar-refractivity contribution in [1.29, 1.82) is 0 Å². The van der Waals surface area contributed by atoms with E-state index in [4.69, 9.17) is 15.7 Å². The second-order valence-corrected chi connectivity index (χ2v) is 12.4. The Morgan fingerprint density at radius 3 is 2.48 bits per heavy atom. The lowest BCUT2D eigenvalue weighted by atomic mass is 9.60. The van der Waals surface area contributed by atoms with E-state index in [-0.39, 0.29) is 0 Å². The van der Waals surface area contributed by atoms with Gasteiger partial charge in [0.2, 0.25) is 0 Å². The number of hydrogen-bond donors (Lipinski definition) is 2. The van der Waals surface area contributed by atoms with Crippen LogP contribution in [0.3, 0.4) is 0 Å². The van der Waals surface area contributed by atoms with E-state index in [1.807, 2.05) is 47.9 Å². The van der Waals surface area contributed by atoms with Gasteiger partial charge in [-0.25, -0.2) is 15.0 Å². The van der Waals surface area contributed by atoms with Crippen LogP contribution in [0, 0.1) is 5.41 Å². The first-order chi connectivity index (χ1) is 20.6. The fraction of sp³-hybridized carbons (Fsp3) is 0.265. The number of nitrogens with one attached hydrogen (secondary N) is 1. The average molecular weight is 574 g/mol. The molecule has 0 amide bonds. The Morgan fingerprint density at radius 2 is 1.74 bits per heavy atom. The molecule has 7 nitrogen and oxygen atoms in total. The Hall–Kier alpha value is -3.98. The van der Waals surface area contributed by atoms with Crippen LogP contribution in [-0.4, -0.2) is 43.6 Å². The van der Waals surface area contributed by atoms with Gasteiger partial charge in [-0.15, -0.1) is 0 Å². The number of aromatic nitrogens is 4. The highest BCUT2D eigenvalue weighted by molar-refractivity contribution is 8.00. The molecule has 2 fully saturated rings. The molecule has 42 heavy (non-hydrogen) atoms. The maximum atomic E-state index is 6.33. The summed E-state index contributed by atoms with van der Waals surface area (Å²) in [5, 5.41) is 1.88. The van der Waals surface area contributed by atoms with Gasteiger partial charge < -0.3 is 5.73 Å². The van der Waals surface area contributed by atoms with Crippen LogP contribution >= 0.6 is 11.9 Å². The van der Waals surface area contributed by atoms with E-state index in [2.05, 4.69) is 62.2 Å². The maximum Gasteiger partial charge on any atom is 0.165 e. The van der Waals surface area contributed by atoms with Crippen molar-refractivity contribution in [1.82, 2.24) is 29.1 Å². The molecule has 0 bridgehead atoms. The first-order valence-corrected chi connectivity index (χ1v) is 15.5. The molecular weight excluding hydrogens is 538 g/mol. The van der Waals surface area contributed by atoms with Crippen LogP contribution in [0.15, 0.2) is 97.0 Å². The highest BCUT2D eigenvalue weighted by atomic mass is 32.2. The van der Waals surface area contributed by atoms with Gasteiger partial charge in [0.1, 0.15) is 11.3 Å². The van der Waals surface area contributed by atoms with Crippen LogP contribution in [0.5, 0.6) is 0 Å². The zero-order valence-electron chi connectivity index (χ0n) is 23.6. The van der Waals surface area contributed by atoms with Crippen molar-refractivity contribution in [2.24, 2.45) is 5.41 Å². The third-order valence-electron chi connectivity index (χ3n) is 8.85. The predicted molar refractivity (Wildman–Crippen MR) is 173 cm³/mol. The Bertz CT molecular complexity index is 1700. The van der Waals surface area contributed by atoms with Crippen molar-refractivity contribution in [3.63, 3.8) is 0 Å². The number of anilines is 1. The van der Waals surface area contributed by atoms with Crippen molar-refractivity contribution in [3.8, 4) is 28.3 Å². The zero-order chi connectivity index (χ0) is 28.5. The van der Waals surface area contributed by atoms with E-state index in [1.165, 1.54) is 31.2 Å². The first-order valence-electron chi connectivity index (χ1n) is 14.6. The Kier molecular flexibility index (Phi) is 7.27. The van der Waals surface area contributed by atoms with Gasteiger partial charge in [0.15, 0.2) is 11.5 Å². The minimum Gasteiger partial charge on any atom is -0.383 e. The first kappa shape index (κ1) is 26.9. The van der Waals surface area contributed by atoms with E-state index < -0.39 is 0 Å². The number of nitrogen functional groups attached to an aromatic ring is 1. The molecule has 7 rings (SSSR count). The Balaban J connectivity index is 1.14. The summed E-state index contributed by atoms with van der Waals surface area (Å²) in [4.78, 5) is 17.0. The number of hydrogen-bond acceptors (Lipinski definition) is 7. The lowest BCUT2D eigenvalue weighted by Crippen LogP contribution is -2.52. The molecule has 2 aromatic carbocycles. The number of pyridine rings is 2. The molecule has 2 aliphatic rings. The molecule has 1 aliphatic heterocycles. The molecule has 1 saturated carbocycles. The van der Waals surface area contributed by atoms with E-state index in [1.54, 1.807) is 18.1 Å². The second-order valence-electron chi connectivity index (χ2n) is 11.6. The average Bonchev–Trinajstić information content (AvgIpc) is 3.39. The van der Waals surface area contributed by atoms with Crippen LogP contribution in [0.2, 0.25) is 0 Å². The standard InChI is InChI=1S/C34H35N7S/c1-2-42-39-26-21-34(22-26)16-19-40(20-17-34)23-24-10-12-27(13-11-24)41-32(28-9-6-18-36-31(28)35)38-30-15-14-29(37-33(30)41)25-7-4-3-5-8-25/h2-15,18,26,39H,1,16-17,19-23H2,(H2,35,36). The van der Waals surface area contributed by atoms with Crippen molar-refractivity contribution < 1.29 is 0 Å². The third kappa shape index (κ3) is 5.22. The van der Waals surface area contributed by atoms with Gasteiger partial charge in [-0.1, -0.05) is 61.0 Å². The molecule has 3 N–H and O–H groups in total. The van der Waals surface area contributed by atoms with Crippen LogP contribution in [0.1, 0.15) is 31.2 Å². The van der Waals surface area contributed by atoms with Crippen LogP contribution in [0.25, 0.3) is 39.5 Å². The number of imidazole rings is 1. The number of rotatable bonds is 8. The van der Waals surface area contributed by atoms with Gasteiger partial charge in [-0.2, -0.15) is 0 Å². The summed E-state index contributed by atoms with van der Waals surface area (Å²) in [5.74, 6) is 1.19. The van der Waals surface area contributed by atoms with Gasteiger partial charge >= 0.3 is 0 Å². The molecular formula is C34H35N7S. The molecule has 4 heterocycles. The summed E-state index contributed by atoms with van der Waals surface area (Å²) in [6.45, 7) is 7.08. The smallest absolute Gasteiger partial charge is 0.165 e. The SMILES string of the molecule is C=CSNC1CC2(CCN(Cc3ccc(-n4c(-c5cccnc5N)nc5ccc(-c6ccccc6)nc54)cc3)CC2)C1. The van der Waals surface area contributed by atoms with Crippen LogP contribution in [0.4, 0.5) is 5.82 Å². The predicted octanol–water partition coefficient (Wildman–Crippen LogP) is 6.86. The summed E-state index contributed by atoms with van der Waals surface area (Å²) < 4.78 is 5.62. The Labute approximate surface area is 251 Å². The topological polar surface area (TPSA) is 84.9 Å². The van der Waals surface area contributed by atoms with Gasteiger partial charge in [0.25, 0.3) is 0 Å². The number of piperidine rings is 1. The highest BCUT2D eigenvalue weighted by Gasteiger charge is 2.45. The van der Waals surface area contributed by atoms with E-state index in [0.29, 0.717) is 17.3 Å². The molecule has 1 spiro atoms. The second kappa shape index (κ2) is 11.4. The normalized spacial score (nSPS) is 17.0. The fourth-order valence-electron chi connectivity index (χ4n) is 6.57. The van der Waals surface area contributed by atoms with Crippen molar-refractivity contribution >= 4 is 28.9 Å². The largest absolute Gasteiger partial charge is 0.383 e. The lowest BCUT2D eigenvalue weighted by Gasteiger charge is -2.52. The maximum absolute atomic E-state index is 6.33. The van der Waals surface area contributed by atoms with Crippen molar-refractivity contribution in [3.05, 3.63) is 103 Å². The quantitative estimate of drug-likeness (QED) is 0.196. The van der Waals surface area contributed by atoms with Gasteiger partial charge in [0.05, 0.1) is 11.3 Å². The molecule has 0 atom stereocenters. The van der Waals surface area contributed by atoms with Crippen molar-refractivity contribution in [2.45, 2.75) is 38.3 Å². The molecule has 3 aromatic heterocycles. The third-order valence-corrected chi connectivity index (χ3v) is 9.48. The Morgan fingerprint density at radius 1 is 0.952 bits per heavy atom. The minimum atomic E-state index is 0.449. The van der Waals surface area contributed by atoms with Gasteiger partial charge in [0, 0.05) is 30.0 Å². The van der Waals surface area contributed by atoms with Crippen molar-refractivity contribution in [2.75, 3.05) is 18.8 Å². The minimum absolute atomic E-state index is 0.449. The summed E-state index contributed by atoms with van der Waals surface area (Å²) in [5.41, 5.74) is 13.6. The summed E-state index contributed by atoms with van der Waals surface area (Å²) in [7, 11) is 0. The van der Waals surface area contributed by atoms with E-state index >= 15 is 0 Å². The van der Waals surface area contributed by atoms with Crippen LogP contribution < -0.4 is 10.5 Å². The molecule has 8 heteroatoms. The number of fused-ring (bicyclic) bond motifs is 1. The number of likely N-dealkylation sites (tertiary alicyclic amines) is 1. The zero-order valence-corrected chi connectivity index (χ0v) is 24.4. The number of benzene rings is 2. The van der Waals surface area contributed by atoms with Gasteiger partial charge in [-0.3, -0.25) is 14.2 Å². The molecule has 0 radical (unpaired) electrons. The summed E-state index contributed by atoms with van der Waals surface area (Å²) in [6.07, 6.45) is 6.86. The highest BCUT2D eigenvalue weighted by Crippen LogP contribution is 2.49. The monoisotopic (exact) mass is 573 g/mol. The molecule has 212 valence electrons. The lowest BCUT2D eigenvalue weighted by molar-refractivity contribution is 0.0114. The fourth-order valence-corrected chi connectivity index (χ4v) is 7.03. The molecule has 5 aromatic rings. The summed E-state index contributed by atoms with van der Waals surface area (Å²) >= 11 is 1.63. The molecule has 1 aliphatic carbocycles. The van der Waals surface area contributed by atoms with Gasteiger partial charge in [-0.05, 0) is 91.6 Å². The number of nitrogens with two attached hydrogens (primary N) is 1. The summed E-state index contributed by atoms with van der Waals surface area (Å²) in [6, 6.07) is 27.6. The number of nitrogens with zero attached hydrogens (tertiary/aromatic N) is 5. The molecule has 0 unspecified atom stereocenters. The molecule has 1 saturated heterocycles. The van der Waals surface area contributed by atoms with Crippen LogP contribution in [-0.2, 0) is 6.54 Å².